The predicted octanol–water partition coefficient (Wildman–Crippen LogP) is 3.59. The van der Waals surface area contributed by atoms with Crippen molar-refractivity contribution in [2.24, 2.45) is 0 Å². The van der Waals surface area contributed by atoms with Gasteiger partial charge in [0.25, 0.3) is 5.91 Å². The summed E-state index contributed by atoms with van der Waals surface area (Å²) in [4.78, 5) is 25.9. The highest BCUT2D eigenvalue weighted by molar-refractivity contribution is 9.10. The number of ether oxygens (including phenoxy) is 2. The third kappa shape index (κ3) is 4.35. The molecule has 0 spiro atoms. The Morgan fingerprint density at radius 1 is 1.31 bits per heavy atom. The zero-order chi connectivity index (χ0) is 18.5. The molecule has 3 rings (SSSR count). The lowest BCUT2D eigenvalue weighted by Gasteiger charge is -2.29. The molecule has 1 aliphatic rings. The molecule has 0 bridgehead atoms. The second-order valence-corrected chi connectivity index (χ2v) is 6.51. The molecular weight excluding hydrogens is 402 g/mol. The quantitative estimate of drug-likeness (QED) is 0.547. The maximum absolute atomic E-state index is 12.5. The van der Waals surface area contributed by atoms with Crippen molar-refractivity contribution in [3.63, 3.8) is 0 Å². The Hall–Kier alpha value is -2.54. The van der Waals surface area contributed by atoms with Crippen LogP contribution in [0.25, 0.3) is 6.08 Å². The molecule has 136 valence electrons. The highest BCUT2D eigenvalue weighted by Gasteiger charge is 2.23. The van der Waals surface area contributed by atoms with E-state index in [1.807, 2.05) is 18.2 Å². The largest absolute Gasteiger partial charge is 0.497 e. The van der Waals surface area contributed by atoms with Crippen molar-refractivity contribution in [1.29, 1.82) is 0 Å². The SMILES string of the molecule is COc1ccc2c(c1)CCCN2C(=O)COC(=O)/C=C/c1ccc(Br)o1. The van der Waals surface area contributed by atoms with E-state index < -0.39 is 5.97 Å². The summed E-state index contributed by atoms with van der Waals surface area (Å²) in [5.74, 6) is 0.426. The molecule has 0 radical (unpaired) electrons. The van der Waals surface area contributed by atoms with Crippen molar-refractivity contribution < 1.29 is 23.5 Å². The van der Waals surface area contributed by atoms with Gasteiger partial charge in [0, 0.05) is 18.3 Å². The monoisotopic (exact) mass is 419 g/mol. The molecule has 1 aliphatic heterocycles. The summed E-state index contributed by atoms with van der Waals surface area (Å²) in [5.41, 5.74) is 1.90. The minimum absolute atomic E-state index is 0.251. The van der Waals surface area contributed by atoms with E-state index in [1.54, 1.807) is 24.1 Å². The fourth-order valence-electron chi connectivity index (χ4n) is 2.79. The van der Waals surface area contributed by atoms with E-state index in [9.17, 15) is 9.59 Å². The number of fused-ring (bicyclic) bond motifs is 1. The van der Waals surface area contributed by atoms with Crippen molar-refractivity contribution in [3.05, 3.63) is 52.4 Å². The number of hydrogen-bond donors (Lipinski definition) is 0. The predicted molar refractivity (Wildman–Crippen MR) is 100 cm³/mol. The minimum atomic E-state index is -0.599. The van der Waals surface area contributed by atoms with E-state index >= 15 is 0 Å². The number of methoxy groups -OCH3 is 1. The van der Waals surface area contributed by atoms with Crippen LogP contribution >= 0.6 is 15.9 Å². The summed E-state index contributed by atoms with van der Waals surface area (Å²) in [6.07, 6.45) is 4.46. The van der Waals surface area contributed by atoms with E-state index in [4.69, 9.17) is 13.9 Å². The molecule has 0 saturated carbocycles. The highest BCUT2D eigenvalue weighted by Crippen LogP contribution is 2.30. The molecule has 1 aromatic carbocycles. The Morgan fingerprint density at radius 2 is 2.15 bits per heavy atom. The van der Waals surface area contributed by atoms with Gasteiger partial charge in [-0.2, -0.15) is 0 Å². The Bertz CT molecular complexity index is 842. The van der Waals surface area contributed by atoms with E-state index in [0.717, 1.165) is 29.8 Å². The van der Waals surface area contributed by atoms with Gasteiger partial charge in [0.15, 0.2) is 11.3 Å². The van der Waals surface area contributed by atoms with E-state index in [2.05, 4.69) is 15.9 Å². The number of hydrogen-bond acceptors (Lipinski definition) is 5. The number of rotatable bonds is 5. The molecule has 6 nitrogen and oxygen atoms in total. The van der Waals surface area contributed by atoms with Crippen LogP contribution in [-0.4, -0.2) is 32.1 Å². The van der Waals surface area contributed by atoms with Crippen LogP contribution < -0.4 is 9.64 Å². The average molecular weight is 420 g/mol. The molecule has 0 N–H and O–H groups in total. The van der Waals surface area contributed by atoms with Crippen molar-refractivity contribution in [3.8, 4) is 5.75 Å². The fraction of sp³-hybridized carbons (Fsp3) is 0.263. The van der Waals surface area contributed by atoms with E-state index in [-0.39, 0.29) is 12.5 Å². The maximum Gasteiger partial charge on any atom is 0.331 e. The number of furan rings is 1. The van der Waals surface area contributed by atoms with Crippen LogP contribution in [0.4, 0.5) is 5.69 Å². The summed E-state index contributed by atoms with van der Waals surface area (Å²) in [5, 5.41) is 0. The van der Waals surface area contributed by atoms with Crippen LogP contribution in [0.1, 0.15) is 17.7 Å². The smallest absolute Gasteiger partial charge is 0.331 e. The lowest BCUT2D eigenvalue weighted by Crippen LogP contribution is -2.38. The Morgan fingerprint density at radius 3 is 2.88 bits per heavy atom. The number of carbonyl (C=O) groups is 2. The second-order valence-electron chi connectivity index (χ2n) is 5.73. The molecule has 1 aromatic heterocycles. The Labute approximate surface area is 159 Å². The maximum atomic E-state index is 12.5. The van der Waals surface area contributed by atoms with Gasteiger partial charge in [-0.05, 0) is 70.7 Å². The van der Waals surface area contributed by atoms with Gasteiger partial charge >= 0.3 is 5.97 Å². The van der Waals surface area contributed by atoms with Gasteiger partial charge in [0.1, 0.15) is 11.5 Å². The number of amides is 1. The van der Waals surface area contributed by atoms with Crippen LogP contribution in [0, 0.1) is 0 Å². The third-order valence-electron chi connectivity index (χ3n) is 4.02. The van der Waals surface area contributed by atoms with Gasteiger partial charge in [-0.3, -0.25) is 4.79 Å². The van der Waals surface area contributed by atoms with Crippen molar-refractivity contribution in [2.45, 2.75) is 12.8 Å². The number of carbonyl (C=O) groups excluding carboxylic acids is 2. The van der Waals surface area contributed by atoms with Crippen molar-refractivity contribution in [2.75, 3.05) is 25.2 Å². The fourth-order valence-corrected chi connectivity index (χ4v) is 3.11. The zero-order valence-corrected chi connectivity index (χ0v) is 15.8. The first-order valence-electron chi connectivity index (χ1n) is 8.14. The summed E-state index contributed by atoms with van der Waals surface area (Å²) in [6.45, 7) is 0.294. The Balaban J connectivity index is 1.59. The van der Waals surface area contributed by atoms with E-state index in [0.29, 0.717) is 17.0 Å². The van der Waals surface area contributed by atoms with Gasteiger partial charge in [-0.15, -0.1) is 0 Å². The molecule has 2 heterocycles. The van der Waals surface area contributed by atoms with Crippen molar-refractivity contribution in [1.82, 2.24) is 0 Å². The minimum Gasteiger partial charge on any atom is -0.497 e. The molecule has 7 heteroatoms. The topological polar surface area (TPSA) is 69.0 Å². The number of halogens is 1. The van der Waals surface area contributed by atoms with Crippen LogP contribution in [0.3, 0.4) is 0 Å². The first-order chi connectivity index (χ1) is 12.6. The first kappa shape index (κ1) is 18.3. The second kappa shape index (κ2) is 8.23. The van der Waals surface area contributed by atoms with Crippen LogP contribution in [-0.2, 0) is 20.7 Å². The van der Waals surface area contributed by atoms with Gasteiger partial charge < -0.3 is 18.8 Å². The summed E-state index contributed by atoms with van der Waals surface area (Å²) >= 11 is 3.18. The normalized spacial score (nSPS) is 13.5. The summed E-state index contributed by atoms with van der Waals surface area (Å²) < 4.78 is 16.1. The molecule has 0 aliphatic carbocycles. The summed E-state index contributed by atoms with van der Waals surface area (Å²) in [6, 6.07) is 9.04. The van der Waals surface area contributed by atoms with Gasteiger partial charge in [-0.25, -0.2) is 4.79 Å². The summed E-state index contributed by atoms with van der Waals surface area (Å²) in [7, 11) is 1.61. The lowest BCUT2D eigenvalue weighted by molar-refractivity contribution is -0.142. The van der Waals surface area contributed by atoms with Crippen LogP contribution in [0.15, 0.2) is 45.5 Å². The molecule has 0 fully saturated rings. The average Bonchev–Trinajstić information content (AvgIpc) is 3.08. The number of esters is 1. The third-order valence-corrected chi connectivity index (χ3v) is 4.45. The standard InChI is InChI=1S/C19H18BrNO5/c1-24-15-4-7-16-13(11-15)3-2-10-21(16)18(22)12-25-19(23)9-6-14-5-8-17(20)26-14/h4-9,11H,2-3,10,12H2,1H3/b9-6+. The van der Waals surface area contributed by atoms with Crippen molar-refractivity contribution >= 4 is 39.6 Å². The molecule has 0 unspecified atom stereocenters. The number of nitrogens with zero attached hydrogens (tertiary/aromatic N) is 1. The molecular formula is C19H18BrNO5. The van der Waals surface area contributed by atoms with Gasteiger partial charge in [-0.1, -0.05) is 0 Å². The molecule has 26 heavy (non-hydrogen) atoms. The molecule has 1 amide bonds. The highest BCUT2D eigenvalue weighted by atomic mass is 79.9. The van der Waals surface area contributed by atoms with Gasteiger partial charge in [0.05, 0.1) is 7.11 Å². The Kier molecular flexibility index (Phi) is 5.78. The number of benzene rings is 1. The van der Waals surface area contributed by atoms with E-state index in [1.165, 1.54) is 12.2 Å². The molecule has 2 aromatic rings. The molecule has 0 atom stereocenters. The molecule has 0 saturated heterocycles. The zero-order valence-electron chi connectivity index (χ0n) is 14.2. The number of anilines is 1. The van der Waals surface area contributed by atoms with Crippen LogP contribution in [0.2, 0.25) is 0 Å². The lowest BCUT2D eigenvalue weighted by atomic mass is 10.0. The number of aryl methyl sites for hydroxylation is 1. The van der Waals surface area contributed by atoms with Crippen LogP contribution in [0.5, 0.6) is 5.75 Å². The first-order valence-corrected chi connectivity index (χ1v) is 8.93. The van der Waals surface area contributed by atoms with Gasteiger partial charge in [0.2, 0.25) is 0 Å².